The second-order valence-electron chi connectivity index (χ2n) is 7.68. The van der Waals surface area contributed by atoms with Gasteiger partial charge in [0.25, 0.3) is 6.43 Å². The molecule has 3 atom stereocenters. The minimum Gasteiger partial charge on any atom is -0.377 e. The quantitative estimate of drug-likeness (QED) is 0.699. The van der Waals surface area contributed by atoms with E-state index in [1.54, 1.807) is 12.3 Å². The molecular weight excluding hydrogens is 376 g/mol. The fourth-order valence-corrected chi connectivity index (χ4v) is 4.07. The SMILES string of the molecule is C[C@@H](Nc1cnnc2ncc(N3CC4CC(C3)O4)cc12)c1cccc(C(F)F)c1. The summed E-state index contributed by atoms with van der Waals surface area (Å²) in [5.74, 6) is 0. The van der Waals surface area contributed by atoms with Crippen LogP contribution in [0.2, 0.25) is 0 Å². The molecule has 2 unspecified atom stereocenters. The molecule has 0 aliphatic carbocycles. The lowest BCUT2D eigenvalue weighted by Gasteiger charge is -2.47. The number of anilines is 2. The van der Waals surface area contributed by atoms with Gasteiger partial charge in [-0.1, -0.05) is 18.2 Å². The molecule has 2 bridgehead atoms. The molecule has 0 saturated carbocycles. The van der Waals surface area contributed by atoms with Gasteiger partial charge in [0, 0.05) is 36.5 Å². The van der Waals surface area contributed by atoms with Crippen molar-refractivity contribution in [3.05, 3.63) is 53.9 Å². The van der Waals surface area contributed by atoms with Crippen molar-refractivity contribution in [1.82, 2.24) is 15.2 Å². The Morgan fingerprint density at radius 2 is 1.90 bits per heavy atom. The Morgan fingerprint density at radius 3 is 2.66 bits per heavy atom. The number of alkyl halides is 2. The third kappa shape index (κ3) is 3.48. The highest BCUT2D eigenvalue weighted by Gasteiger charge is 2.38. The van der Waals surface area contributed by atoms with Crippen LogP contribution in [0.3, 0.4) is 0 Å². The molecule has 0 amide bonds. The van der Waals surface area contributed by atoms with E-state index in [0.29, 0.717) is 17.9 Å². The summed E-state index contributed by atoms with van der Waals surface area (Å²) in [4.78, 5) is 6.77. The first-order chi connectivity index (χ1) is 14.1. The predicted molar refractivity (Wildman–Crippen MR) is 106 cm³/mol. The fourth-order valence-electron chi connectivity index (χ4n) is 4.07. The first kappa shape index (κ1) is 18.2. The number of morpholine rings is 1. The van der Waals surface area contributed by atoms with Crippen LogP contribution in [-0.2, 0) is 4.74 Å². The van der Waals surface area contributed by atoms with Gasteiger partial charge in [-0.3, -0.25) is 0 Å². The average molecular weight is 397 g/mol. The van der Waals surface area contributed by atoms with Crippen molar-refractivity contribution in [2.24, 2.45) is 0 Å². The molecule has 1 aromatic carbocycles. The number of halogens is 2. The van der Waals surface area contributed by atoms with Crippen LogP contribution < -0.4 is 10.2 Å². The summed E-state index contributed by atoms with van der Waals surface area (Å²) < 4.78 is 31.8. The zero-order valence-electron chi connectivity index (χ0n) is 15.9. The zero-order valence-corrected chi connectivity index (χ0v) is 15.9. The van der Waals surface area contributed by atoms with Gasteiger partial charge in [-0.05, 0) is 24.6 Å². The van der Waals surface area contributed by atoms with Gasteiger partial charge in [-0.2, -0.15) is 5.10 Å². The summed E-state index contributed by atoms with van der Waals surface area (Å²) in [5.41, 5.74) is 3.15. The van der Waals surface area contributed by atoms with Crippen LogP contribution in [0.25, 0.3) is 11.0 Å². The molecule has 29 heavy (non-hydrogen) atoms. The number of nitrogens with zero attached hydrogens (tertiary/aromatic N) is 4. The van der Waals surface area contributed by atoms with E-state index in [-0.39, 0.29) is 11.6 Å². The molecular formula is C21H21F2N5O. The highest BCUT2D eigenvalue weighted by atomic mass is 19.3. The Bertz CT molecular complexity index is 1030. The Hall–Kier alpha value is -2.87. The Kier molecular flexibility index (Phi) is 4.50. The van der Waals surface area contributed by atoms with Crippen molar-refractivity contribution in [2.45, 2.75) is 38.0 Å². The van der Waals surface area contributed by atoms with Gasteiger partial charge in [0.2, 0.25) is 0 Å². The molecule has 1 N–H and O–H groups in total. The molecule has 3 aliphatic heterocycles. The minimum atomic E-state index is -2.49. The summed E-state index contributed by atoms with van der Waals surface area (Å²) in [5, 5.41) is 12.4. The number of ether oxygens (including phenoxy) is 1. The normalized spacial score (nSPS) is 21.9. The van der Waals surface area contributed by atoms with E-state index in [4.69, 9.17) is 4.74 Å². The Balaban J connectivity index is 1.43. The van der Waals surface area contributed by atoms with Gasteiger partial charge in [0.05, 0.1) is 36.0 Å². The van der Waals surface area contributed by atoms with E-state index in [9.17, 15) is 8.78 Å². The molecule has 0 spiro atoms. The second kappa shape index (κ2) is 7.18. The van der Waals surface area contributed by atoms with Gasteiger partial charge in [-0.15, -0.1) is 5.10 Å². The molecule has 3 saturated heterocycles. The first-order valence-corrected chi connectivity index (χ1v) is 9.73. The van der Waals surface area contributed by atoms with Crippen LogP contribution in [0.1, 0.15) is 36.9 Å². The van der Waals surface area contributed by atoms with Gasteiger partial charge in [-0.25, -0.2) is 13.8 Å². The average Bonchev–Trinajstić information content (AvgIpc) is 2.73. The molecule has 6 nitrogen and oxygen atoms in total. The van der Waals surface area contributed by atoms with Crippen molar-refractivity contribution in [1.29, 1.82) is 0 Å². The number of rotatable bonds is 5. The zero-order chi connectivity index (χ0) is 20.0. The molecule has 150 valence electrons. The number of benzene rings is 1. The van der Waals surface area contributed by atoms with Crippen LogP contribution in [0.15, 0.2) is 42.7 Å². The number of nitrogens with one attached hydrogen (secondary N) is 1. The molecule has 6 rings (SSSR count). The summed E-state index contributed by atoms with van der Waals surface area (Å²) in [6, 6.07) is 8.34. The largest absolute Gasteiger partial charge is 0.377 e. The second-order valence-corrected chi connectivity index (χ2v) is 7.68. The lowest BCUT2D eigenvalue weighted by molar-refractivity contribution is -0.133. The number of aromatic nitrogens is 3. The van der Waals surface area contributed by atoms with E-state index in [1.165, 1.54) is 12.1 Å². The van der Waals surface area contributed by atoms with Crippen LogP contribution in [0.5, 0.6) is 0 Å². The number of hydrogen-bond donors (Lipinski definition) is 1. The third-order valence-electron chi connectivity index (χ3n) is 5.64. The molecule has 8 heteroatoms. The van der Waals surface area contributed by atoms with E-state index >= 15 is 0 Å². The molecule has 0 radical (unpaired) electrons. The van der Waals surface area contributed by atoms with Crippen molar-refractivity contribution in [3.8, 4) is 0 Å². The number of fused-ring (bicyclic) bond motifs is 3. The van der Waals surface area contributed by atoms with Crippen LogP contribution in [0.4, 0.5) is 20.2 Å². The van der Waals surface area contributed by atoms with Gasteiger partial charge in [0.1, 0.15) is 0 Å². The number of piperidine rings is 1. The van der Waals surface area contributed by atoms with Gasteiger partial charge < -0.3 is 15.0 Å². The van der Waals surface area contributed by atoms with E-state index in [2.05, 4.69) is 31.5 Å². The van der Waals surface area contributed by atoms with Gasteiger partial charge >= 0.3 is 0 Å². The van der Waals surface area contributed by atoms with Crippen LogP contribution >= 0.6 is 0 Å². The maximum Gasteiger partial charge on any atom is 0.263 e. The lowest BCUT2D eigenvalue weighted by atomic mass is 9.98. The maximum atomic E-state index is 13.0. The summed E-state index contributed by atoms with van der Waals surface area (Å²) in [6.07, 6.45) is 2.72. The molecule has 3 aromatic rings. The Labute approximate surface area is 166 Å². The predicted octanol–water partition coefficient (Wildman–Crippen LogP) is 4.11. The summed E-state index contributed by atoms with van der Waals surface area (Å²) in [6.45, 7) is 3.66. The lowest BCUT2D eigenvalue weighted by Crippen LogP contribution is -2.57. The van der Waals surface area contributed by atoms with Crippen molar-refractivity contribution in [3.63, 3.8) is 0 Å². The summed E-state index contributed by atoms with van der Waals surface area (Å²) in [7, 11) is 0. The third-order valence-corrected chi connectivity index (χ3v) is 5.64. The highest BCUT2D eigenvalue weighted by Crippen LogP contribution is 2.33. The number of hydrogen-bond acceptors (Lipinski definition) is 6. The Morgan fingerprint density at radius 1 is 1.14 bits per heavy atom. The molecule has 3 aliphatic rings. The van der Waals surface area contributed by atoms with Gasteiger partial charge in [0.15, 0.2) is 5.65 Å². The van der Waals surface area contributed by atoms with Crippen molar-refractivity contribution >= 4 is 22.4 Å². The molecule has 3 fully saturated rings. The fraction of sp³-hybridized carbons (Fsp3) is 0.381. The standard InChI is InChI=1S/C21H21F2N5O/c1-12(13-3-2-4-14(5-13)20(22)23)26-19-9-25-27-21-18(19)6-15(8-24-21)28-10-16-7-17(11-28)29-16/h2-6,8-9,12,16-17,20H,7,10-11H2,1H3,(H,24,26,27)/t12-,16?,17?/m1/s1. The topological polar surface area (TPSA) is 63.2 Å². The first-order valence-electron chi connectivity index (χ1n) is 9.73. The summed E-state index contributed by atoms with van der Waals surface area (Å²) >= 11 is 0. The minimum absolute atomic E-state index is 0.0173. The van der Waals surface area contributed by atoms with E-state index in [1.807, 2.05) is 19.2 Å². The maximum absolute atomic E-state index is 13.0. The van der Waals surface area contributed by atoms with Crippen LogP contribution in [-0.4, -0.2) is 40.5 Å². The van der Waals surface area contributed by atoms with Crippen LogP contribution in [0, 0.1) is 0 Å². The molecule has 2 aromatic heterocycles. The van der Waals surface area contributed by atoms with Crippen molar-refractivity contribution < 1.29 is 13.5 Å². The smallest absolute Gasteiger partial charge is 0.263 e. The number of pyridine rings is 1. The molecule has 5 heterocycles. The van der Waals surface area contributed by atoms with E-state index in [0.717, 1.165) is 41.8 Å². The van der Waals surface area contributed by atoms with E-state index < -0.39 is 6.43 Å². The van der Waals surface area contributed by atoms with Crippen molar-refractivity contribution in [2.75, 3.05) is 23.3 Å². The highest BCUT2D eigenvalue weighted by molar-refractivity contribution is 5.90. The monoisotopic (exact) mass is 397 g/mol.